The predicted molar refractivity (Wildman–Crippen MR) is 90.6 cm³/mol. The molecule has 0 bridgehead atoms. The molecule has 0 radical (unpaired) electrons. The molecule has 0 aliphatic carbocycles. The minimum Gasteiger partial charge on any atom is -0.356 e. The zero-order valence-corrected chi connectivity index (χ0v) is 13.2. The van der Waals surface area contributed by atoms with E-state index in [4.69, 9.17) is 4.52 Å². The number of nitrogens with one attached hydrogen (secondary N) is 1. The van der Waals surface area contributed by atoms with Crippen LogP contribution in [0.25, 0.3) is 11.3 Å². The van der Waals surface area contributed by atoms with Crippen molar-refractivity contribution in [3.05, 3.63) is 82.0 Å². The van der Waals surface area contributed by atoms with E-state index >= 15 is 0 Å². The highest BCUT2D eigenvalue weighted by atomic mass is 16.6. The Morgan fingerprint density at radius 3 is 2.52 bits per heavy atom. The monoisotopic (exact) mass is 337 g/mol. The van der Waals surface area contributed by atoms with Crippen LogP contribution in [0.15, 0.2) is 65.2 Å². The largest absolute Gasteiger partial charge is 0.356 e. The first-order chi connectivity index (χ1) is 12.1. The third kappa shape index (κ3) is 4.29. The molecule has 3 rings (SSSR count). The first-order valence-electron chi connectivity index (χ1n) is 7.63. The zero-order valence-electron chi connectivity index (χ0n) is 13.2. The van der Waals surface area contributed by atoms with E-state index in [0.717, 1.165) is 5.56 Å². The number of benzene rings is 2. The van der Waals surface area contributed by atoms with Crippen molar-refractivity contribution in [2.45, 2.75) is 13.0 Å². The van der Waals surface area contributed by atoms with Gasteiger partial charge in [0.1, 0.15) is 5.69 Å². The molecule has 0 aliphatic heterocycles. The normalized spacial score (nSPS) is 10.4. The standard InChI is InChI=1S/C18H15N3O4/c22-18(10-13-6-8-16(9-7-13)21(23)24)19-12-15-11-17(25-20-15)14-4-2-1-3-5-14/h1-9,11H,10,12H2,(H,19,22). The van der Waals surface area contributed by atoms with E-state index in [2.05, 4.69) is 10.5 Å². The fourth-order valence-electron chi connectivity index (χ4n) is 2.31. The number of hydrogen-bond acceptors (Lipinski definition) is 5. The van der Waals surface area contributed by atoms with Crippen LogP contribution >= 0.6 is 0 Å². The molecule has 7 heteroatoms. The maximum absolute atomic E-state index is 12.0. The first kappa shape index (κ1) is 16.4. The molecule has 0 saturated carbocycles. The summed E-state index contributed by atoms with van der Waals surface area (Å²) in [5.74, 6) is 0.443. The second kappa shape index (κ2) is 7.39. The summed E-state index contributed by atoms with van der Waals surface area (Å²) in [5.41, 5.74) is 2.24. The van der Waals surface area contributed by atoms with Crippen molar-refractivity contribution >= 4 is 11.6 Å². The van der Waals surface area contributed by atoms with Crippen molar-refractivity contribution in [3.63, 3.8) is 0 Å². The minimum atomic E-state index is -0.473. The molecule has 0 unspecified atom stereocenters. The van der Waals surface area contributed by atoms with Gasteiger partial charge in [0.05, 0.1) is 17.9 Å². The van der Waals surface area contributed by atoms with Gasteiger partial charge in [-0.2, -0.15) is 0 Å². The Kier molecular flexibility index (Phi) is 4.84. The van der Waals surface area contributed by atoms with Gasteiger partial charge in [0, 0.05) is 23.8 Å². The van der Waals surface area contributed by atoms with Crippen LogP contribution in [0.4, 0.5) is 5.69 Å². The van der Waals surface area contributed by atoms with E-state index in [1.807, 2.05) is 30.3 Å². The SMILES string of the molecule is O=C(Cc1ccc([N+](=O)[O-])cc1)NCc1cc(-c2ccccc2)on1. The Morgan fingerprint density at radius 1 is 1.12 bits per heavy atom. The molecule has 1 aromatic heterocycles. The molecule has 3 aromatic rings. The zero-order chi connectivity index (χ0) is 17.6. The van der Waals surface area contributed by atoms with Gasteiger partial charge in [0.25, 0.3) is 5.69 Å². The third-order valence-electron chi connectivity index (χ3n) is 3.60. The molecule has 126 valence electrons. The predicted octanol–water partition coefficient (Wildman–Crippen LogP) is 3.11. The minimum absolute atomic E-state index is 0.000182. The van der Waals surface area contributed by atoms with Crippen LogP contribution < -0.4 is 5.32 Å². The van der Waals surface area contributed by atoms with Gasteiger partial charge in [-0.05, 0) is 5.56 Å². The molecule has 0 saturated heterocycles. The summed E-state index contributed by atoms with van der Waals surface area (Å²) in [6, 6.07) is 17.2. The van der Waals surface area contributed by atoms with E-state index in [0.29, 0.717) is 17.0 Å². The summed E-state index contributed by atoms with van der Waals surface area (Å²) >= 11 is 0. The molecule has 0 fully saturated rings. The van der Waals surface area contributed by atoms with Gasteiger partial charge in [-0.25, -0.2) is 0 Å². The lowest BCUT2D eigenvalue weighted by molar-refractivity contribution is -0.384. The van der Waals surface area contributed by atoms with Gasteiger partial charge in [-0.1, -0.05) is 47.6 Å². The summed E-state index contributed by atoms with van der Waals surface area (Å²) in [6.07, 6.45) is 0.140. The van der Waals surface area contributed by atoms with Crippen molar-refractivity contribution in [2.24, 2.45) is 0 Å². The molecule has 7 nitrogen and oxygen atoms in total. The number of aromatic nitrogens is 1. The maximum atomic E-state index is 12.0. The van der Waals surface area contributed by atoms with Crippen LogP contribution in [0, 0.1) is 10.1 Å². The van der Waals surface area contributed by atoms with Crippen LogP contribution in [0.3, 0.4) is 0 Å². The summed E-state index contributed by atoms with van der Waals surface area (Å²) in [5, 5.41) is 17.3. The van der Waals surface area contributed by atoms with Crippen LogP contribution in [-0.4, -0.2) is 16.0 Å². The van der Waals surface area contributed by atoms with Crippen molar-refractivity contribution in [1.29, 1.82) is 0 Å². The molecule has 1 amide bonds. The Bertz CT molecular complexity index is 873. The van der Waals surface area contributed by atoms with Gasteiger partial charge in [-0.15, -0.1) is 0 Å². The lowest BCUT2D eigenvalue weighted by Crippen LogP contribution is -2.24. The van der Waals surface area contributed by atoms with E-state index in [1.165, 1.54) is 12.1 Å². The highest BCUT2D eigenvalue weighted by molar-refractivity contribution is 5.78. The van der Waals surface area contributed by atoms with Crippen LogP contribution in [0.2, 0.25) is 0 Å². The number of carbonyl (C=O) groups excluding carboxylic acids is 1. The number of hydrogen-bond donors (Lipinski definition) is 1. The highest BCUT2D eigenvalue weighted by Crippen LogP contribution is 2.19. The molecule has 1 N–H and O–H groups in total. The average molecular weight is 337 g/mol. The Balaban J connectivity index is 1.54. The first-order valence-corrected chi connectivity index (χ1v) is 7.63. The molecule has 0 spiro atoms. The molecular weight excluding hydrogens is 322 g/mol. The molecular formula is C18H15N3O4. The van der Waals surface area contributed by atoms with Crippen molar-refractivity contribution < 1.29 is 14.2 Å². The fraction of sp³-hybridized carbons (Fsp3) is 0.111. The molecule has 0 atom stereocenters. The lowest BCUT2D eigenvalue weighted by Gasteiger charge is -2.03. The highest BCUT2D eigenvalue weighted by Gasteiger charge is 2.10. The summed E-state index contributed by atoms with van der Waals surface area (Å²) in [6.45, 7) is 0.252. The summed E-state index contributed by atoms with van der Waals surface area (Å²) in [7, 11) is 0. The quantitative estimate of drug-likeness (QED) is 0.550. The molecule has 0 aliphatic rings. The molecule has 1 heterocycles. The lowest BCUT2D eigenvalue weighted by atomic mass is 10.1. The Labute approximate surface area is 143 Å². The number of nitro groups is 1. The summed E-state index contributed by atoms with van der Waals surface area (Å²) in [4.78, 5) is 22.1. The van der Waals surface area contributed by atoms with Crippen LogP contribution in [0.1, 0.15) is 11.3 Å². The van der Waals surface area contributed by atoms with E-state index < -0.39 is 4.92 Å². The number of carbonyl (C=O) groups is 1. The number of rotatable bonds is 6. The van der Waals surface area contributed by atoms with Gasteiger partial charge in [0.15, 0.2) is 5.76 Å². The van der Waals surface area contributed by atoms with E-state index in [9.17, 15) is 14.9 Å². The van der Waals surface area contributed by atoms with Crippen LogP contribution in [0.5, 0.6) is 0 Å². The van der Waals surface area contributed by atoms with Gasteiger partial charge in [0.2, 0.25) is 5.91 Å². The number of amides is 1. The average Bonchev–Trinajstić information content (AvgIpc) is 3.10. The van der Waals surface area contributed by atoms with Crippen molar-refractivity contribution in [1.82, 2.24) is 10.5 Å². The second-order valence-corrected chi connectivity index (χ2v) is 5.43. The Hall–Kier alpha value is -3.48. The Morgan fingerprint density at radius 2 is 1.84 bits per heavy atom. The maximum Gasteiger partial charge on any atom is 0.269 e. The fourth-order valence-corrected chi connectivity index (χ4v) is 2.31. The van der Waals surface area contributed by atoms with Gasteiger partial charge in [-0.3, -0.25) is 14.9 Å². The topological polar surface area (TPSA) is 98.3 Å². The van der Waals surface area contributed by atoms with Crippen molar-refractivity contribution in [3.8, 4) is 11.3 Å². The van der Waals surface area contributed by atoms with Gasteiger partial charge < -0.3 is 9.84 Å². The molecule has 25 heavy (non-hydrogen) atoms. The van der Waals surface area contributed by atoms with E-state index in [1.54, 1.807) is 18.2 Å². The number of nitro benzene ring substituents is 1. The van der Waals surface area contributed by atoms with Gasteiger partial charge >= 0.3 is 0 Å². The summed E-state index contributed by atoms with van der Waals surface area (Å²) < 4.78 is 5.27. The second-order valence-electron chi connectivity index (χ2n) is 5.43. The third-order valence-corrected chi connectivity index (χ3v) is 3.60. The number of non-ortho nitro benzene ring substituents is 1. The molecule has 2 aromatic carbocycles. The number of nitrogens with zero attached hydrogens (tertiary/aromatic N) is 2. The smallest absolute Gasteiger partial charge is 0.269 e. The van der Waals surface area contributed by atoms with Crippen LogP contribution in [-0.2, 0) is 17.8 Å². The van der Waals surface area contributed by atoms with Crippen molar-refractivity contribution in [2.75, 3.05) is 0 Å². The van der Waals surface area contributed by atoms with E-state index in [-0.39, 0.29) is 24.6 Å².